The highest BCUT2D eigenvalue weighted by molar-refractivity contribution is 4.39. The van der Waals surface area contributed by atoms with E-state index in [0.29, 0.717) is 26.3 Å². The van der Waals surface area contributed by atoms with Gasteiger partial charge in [-0.15, -0.1) is 0 Å². The van der Waals surface area contributed by atoms with Gasteiger partial charge in [-0.1, -0.05) is 6.92 Å². The zero-order valence-electron chi connectivity index (χ0n) is 9.17. The lowest BCUT2D eigenvalue weighted by atomic mass is 10.5. The molecule has 0 radical (unpaired) electrons. The van der Waals surface area contributed by atoms with Gasteiger partial charge in [0.2, 0.25) is 0 Å². The zero-order chi connectivity index (χ0) is 11.1. The van der Waals surface area contributed by atoms with E-state index in [9.17, 15) is 0 Å². The van der Waals surface area contributed by atoms with Crippen LogP contribution in [0.3, 0.4) is 0 Å². The second-order valence-electron chi connectivity index (χ2n) is 2.66. The molecule has 0 atom stereocenters. The monoisotopic (exact) mass is 207 g/mol. The standard InChI is InChI=1S/C5H13NO.C4H12N2O/c1-2-3-6-4-5-7;5-1-3-7-4-2-6/h6-7H,2-5H2,1H3;1-6H2. The summed E-state index contributed by atoms with van der Waals surface area (Å²) in [4.78, 5) is 0. The van der Waals surface area contributed by atoms with Gasteiger partial charge in [-0.25, -0.2) is 0 Å². The molecule has 0 aromatic carbocycles. The molecule has 0 aromatic heterocycles. The highest BCUT2D eigenvalue weighted by Gasteiger charge is 1.78. The molecule has 0 heterocycles. The lowest BCUT2D eigenvalue weighted by Crippen LogP contribution is -2.18. The van der Waals surface area contributed by atoms with Gasteiger partial charge in [0.1, 0.15) is 0 Å². The van der Waals surface area contributed by atoms with Gasteiger partial charge >= 0.3 is 0 Å². The Balaban J connectivity index is 0. The van der Waals surface area contributed by atoms with Crippen molar-refractivity contribution in [3.8, 4) is 0 Å². The van der Waals surface area contributed by atoms with E-state index in [1.165, 1.54) is 0 Å². The minimum atomic E-state index is 0.250. The predicted molar refractivity (Wildman–Crippen MR) is 59.2 cm³/mol. The molecule has 0 saturated carbocycles. The lowest BCUT2D eigenvalue weighted by molar-refractivity contribution is 0.149. The Morgan fingerprint density at radius 1 is 1.14 bits per heavy atom. The van der Waals surface area contributed by atoms with Crippen LogP contribution in [0.2, 0.25) is 0 Å². The first-order valence-electron chi connectivity index (χ1n) is 5.12. The summed E-state index contributed by atoms with van der Waals surface area (Å²) >= 11 is 0. The number of rotatable bonds is 8. The SMILES string of the molecule is CCCNCCO.NCCOCCN. The average Bonchev–Trinajstić information content (AvgIpc) is 2.21. The summed E-state index contributed by atoms with van der Waals surface area (Å²) in [5, 5.41) is 11.3. The van der Waals surface area contributed by atoms with Gasteiger partial charge in [-0.2, -0.15) is 0 Å². The van der Waals surface area contributed by atoms with E-state index in [-0.39, 0.29) is 6.61 Å². The topological polar surface area (TPSA) is 93.5 Å². The van der Waals surface area contributed by atoms with Crippen molar-refractivity contribution in [3.63, 3.8) is 0 Å². The molecule has 14 heavy (non-hydrogen) atoms. The number of ether oxygens (including phenoxy) is 1. The van der Waals surface area contributed by atoms with Crippen LogP contribution in [-0.4, -0.2) is 51.1 Å². The highest BCUT2D eigenvalue weighted by Crippen LogP contribution is 1.66. The molecule has 0 aliphatic rings. The third-order valence-electron chi connectivity index (χ3n) is 1.24. The van der Waals surface area contributed by atoms with Crippen LogP contribution in [0.4, 0.5) is 0 Å². The molecule has 5 nitrogen and oxygen atoms in total. The van der Waals surface area contributed by atoms with Gasteiger partial charge in [0.05, 0.1) is 19.8 Å². The van der Waals surface area contributed by atoms with E-state index in [2.05, 4.69) is 12.2 Å². The Morgan fingerprint density at radius 2 is 1.71 bits per heavy atom. The van der Waals surface area contributed by atoms with Crippen molar-refractivity contribution in [2.75, 3.05) is 46.0 Å². The van der Waals surface area contributed by atoms with Gasteiger partial charge < -0.3 is 26.6 Å². The molecule has 0 rings (SSSR count). The third kappa shape index (κ3) is 22.6. The van der Waals surface area contributed by atoms with Crippen LogP contribution in [0.1, 0.15) is 13.3 Å². The van der Waals surface area contributed by atoms with E-state index in [1.54, 1.807) is 0 Å². The Morgan fingerprint density at radius 3 is 2.07 bits per heavy atom. The molecular weight excluding hydrogens is 182 g/mol. The van der Waals surface area contributed by atoms with Crippen molar-refractivity contribution in [3.05, 3.63) is 0 Å². The fourth-order valence-corrected chi connectivity index (χ4v) is 0.650. The normalized spacial score (nSPS) is 9.43. The largest absolute Gasteiger partial charge is 0.395 e. The Kier molecular flexibility index (Phi) is 21.5. The molecule has 0 amide bonds. The Hall–Kier alpha value is -0.200. The lowest BCUT2D eigenvalue weighted by Gasteiger charge is -1.95. The van der Waals surface area contributed by atoms with Gasteiger partial charge in [-0.05, 0) is 13.0 Å². The molecular formula is C9H25N3O2. The summed E-state index contributed by atoms with van der Waals surface area (Å²) in [7, 11) is 0. The summed E-state index contributed by atoms with van der Waals surface area (Å²) in [6.45, 7) is 6.51. The van der Waals surface area contributed by atoms with Gasteiger partial charge in [0.15, 0.2) is 0 Å². The Bertz CT molecular complexity index is 66.5. The minimum Gasteiger partial charge on any atom is -0.395 e. The van der Waals surface area contributed by atoms with Gasteiger partial charge in [0, 0.05) is 19.6 Å². The zero-order valence-corrected chi connectivity index (χ0v) is 9.17. The fourth-order valence-electron chi connectivity index (χ4n) is 0.650. The first-order chi connectivity index (χ1) is 6.83. The van der Waals surface area contributed by atoms with Crippen molar-refractivity contribution < 1.29 is 9.84 Å². The molecule has 6 N–H and O–H groups in total. The maximum absolute atomic E-state index is 8.23. The van der Waals surface area contributed by atoms with E-state index in [0.717, 1.165) is 19.5 Å². The predicted octanol–water partition coefficient (Wildman–Crippen LogP) is -1.10. The smallest absolute Gasteiger partial charge is 0.0589 e. The molecule has 0 spiro atoms. The maximum atomic E-state index is 8.23. The number of aliphatic hydroxyl groups excluding tert-OH is 1. The summed E-state index contributed by atoms with van der Waals surface area (Å²) in [6.07, 6.45) is 1.14. The molecule has 0 fully saturated rings. The molecule has 0 aliphatic heterocycles. The number of aliphatic hydroxyl groups is 1. The molecule has 0 bridgehead atoms. The van der Waals surface area contributed by atoms with Crippen molar-refractivity contribution in [1.29, 1.82) is 0 Å². The number of nitrogens with one attached hydrogen (secondary N) is 1. The maximum Gasteiger partial charge on any atom is 0.0589 e. The van der Waals surface area contributed by atoms with E-state index < -0.39 is 0 Å². The molecule has 0 unspecified atom stereocenters. The summed E-state index contributed by atoms with van der Waals surface area (Å²) < 4.78 is 4.88. The molecule has 0 aliphatic carbocycles. The summed E-state index contributed by atoms with van der Waals surface area (Å²) in [6, 6.07) is 0. The van der Waals surface area contributed by atoms with E-state index in [1.807, 2.05) is 0 Å². The highest BCUT2D eigenvalue weighted by atomic mass is 16.5. The molecule has 88 valence electrons. The fraction of sp³-hybridized carbons (Fsp3) is 1.00. The molecule has 5 heteroatoms. The Labute approximate surface area is 86.8 Å². The minimum absolute atomic E-state index is 0.250. The first-order valence-corrected chi connectivity index (χ1v) is 5.12. The molecule has 0 aromatic rings. The number of nitrogens with two attached hydrogens (primary N) is 2. The van der Waals surface area contributed by atoms with Crippen molar-refractivity contribution >= 4 is 0 Å². The van der Waals surface area contributed by atoms with Gasteiger partial charge in [-0.3, -0.25) is 0 Å². The average molecular weight is 207 g/mol. The van der Waals surface area contributed by atoms with Crippen molar-refractivity contribution in [2.45, 2.75) is 13.3 Å². The van der Waals surface area contributed by atoms with Crippen LogP contribution in [0.25, 0.3) is 0 Å². The van der Waals surface area contributed by atoms with Crippen LogP contribution in [0.5, 0.6) is 0 Å². The summed E-state index contributed by atoms with van der Waals surface area (Å²) in [5.41, 5.74) is 10.2. The first kappa shape index (κ1) is 16.2. The van der Waals surface area contributed by atoms with Crippen molar-refractivity contribution in [1.82, 2.24) is 5.32 Å². The van der Waals surface area contributed by atoms with E-state index >= 15 is 0 Å². The second-order valence-corrected chi connectivity index (χ2v) is 2.66. The van der Waals surface area contributed by atoms with Gasteiger partial charge in [0.25, 0.3) is 0 Å². The third-order valence-corrected chi connectivity index (χ3v) is 1.24. The summed E-state index contributed by atoms with van der Waals surface area (Å²) in [5.74, 6) is 0. The van der Waals surface area contributed by atoms with Crippen LogP contribution in [0, 0.1) is 0 Å². The number of hydrogen-bond donors (Lipinski definition) is 4. The van der Waals surface area contributed by atoms with Crippen LogP contribution >= 0.6 is 0 Å². The van der Waals surface area contributed by atoms with E-state index in [4.69, 9.17) is 21.3 Å². The van der Waals surface area contributed by atoms with Crippen molar-refractivity contribution in [2.24, 2.45) is 11.5 Å². The van der Waals surface area contributed by atoms with Crippen LogP contribution in [0.15, 0.2) is 0 Å². The second kappa shape index (κ2) is 18.6. The van der Waals surface area contributed by atoms with Crippen LogP contribution in [-0.2, 0) is 4.74 Å². The number of hydrogen-bond acceptors (Lipinski definition) is 5. The molecule has 0 saturated heterocycles. The quantitative estimate of drug-likeness (QED) is 0.379. The van der Waals surface area contributed by atoms with Crippen LogP contribution < -0.4 is 16.8 Å².